The van der Waals surface area contributed by atoms with E-state index >= 15 is 0 Å². The van der Waals surface area contributed by atoms with Crippen molar-refractivity contribution in [2.24, 2.45) is 12.9 Å². The van der Waals surface area contributed by atoms with Crippen LogP contribution in [-0.2, 0) is 19.9 Å². The predicted octanol–water partition coefficient (Wildman–Crippen LogP) is 2.30. The molecule has 0 bridgehead atoms. The summed E-state index contributed by atoms with van der Waals surface area (Å²) in [7, 11) is 1.93. The highest BCUT2D eigenvalue weighted by atomic mass is 32.1. The standard InChI is InChI=1S/C14H20N4S/c1-18-9-11(8-16-18)14(17-15)13-7-10-5-3-2-4-6-12(10)19-13/h7-9,14,17H,2-6,15H2,1H3. The van der Waals surface area contributed by atoms with Crippen LogP contribution in [0.15, 0.2) is 18.5 Å². The molecule has 0 fully saturated rings. The Morgan fingerprint density at radius 3 is 2.95 bits per heavy atom. The molecule has 19 heavy (non-hydrogen) atoms. The molecule has 1 aliphatic carbocycles. The van der Waals surface area contributed by atoms with E-state index in [9.17, 15) is 0 Å². The van der Waals surface area contributed by atoms with Gasteiger partial charge in [0.1, 0.15) is 0 Å². The fourth-order valence-corrected chi connectivity index (χ4v) is 4.11. The van der Waals surface area contributed by atoms with Gasteiger partial charge in [-0.2, -0.15) is 5.10 Å². The third kappa shape index (κ3) is 2.59. The lowest BCUT2D eigenvalue weighted by atomic mass is 10.1. The molecule has 2 heterocycles. The number of hydrogen-bond acceptors (Lipinski definition) is 4. The van der Waals surface area contributed by atoms with E-state index in [4.69, 9.17) is 5.84 Å². The van der Waals surface area contributed by atoms with Crippen molar-refractivity contribution in [1.82, 2.24) is 15.2 Å². The predicted molar refractivity (Wildman–Crippen MR) is 78.0 cm³/mol. The van der Waals surface area contributed by atoms with Crippen molar-refractivity contribution >= 4 is 11.3 Å². The van der Waals surface area contributed by atoms with Crippen molar-refractivity contribution in [3.05, 3.63) is 39.3 Å². The van der Waals surface area contributed by atoms with Gasteiger partial charge in [0, 0.05) is 28.6 Å². The maximum absolute atomic E-state index is 5.75. The molecule has 0 saturated carbocycles. The first-order valence-electron chi connectivity index (χ1n) is 6.84. The zero-order valence-electron chi connectivity index (χ0n) is 11.2. The van der Waals surface area contributed by atoms with Crippen molar-refractivity contribution in [3.8, 4) is 0 Å². The summed E-state index contributed by atoms with van der Waals surface area (Å²) in [6, 6.07) is 2.40. The number of nitrogens with zero attached hydrogens (tertiary/aromatic N) is 2. The topological polar surface area (TPSA) is 55.9 Å². The Balaban J connectivity index is 1.91. The smallest absolute Gasteiger partial charge is 0.0833 e. The number of aromatic nitrogens is 2. The van der Waals surface area contributed by atoms with E-state index in [0.29, 0.717) is 0 Å². The molecule has 1 atom stereocenters. The van der Waals surface area contributed by atoms with E-state index in [1.54, 1.807) is 4.88 Å². The minimum atomic E-state index is 0.0608. The zero-order chi connectivity index (χ0) is 13.2. The summed E-state index contributed by atoms with van der Waals surface area (Å²) in [6.07, 6.45) is 10.3. The molecule has 0 saturated heterocycles. The van der Waals surface area contributed by atoms with Gasteiger partial charge in [-0.1, -0.05) is 6.42 Å². The maximum atomic E-state index is 5.75. The highest BCUT2D eigenvalue weighted by Gasteiger charge is 2.20. The minimum Gasteiger partial charge on any atom is -0.275 e. The second-order valence-corrected chi connectivity index (χ2v) is 6.37. The van der Waals surface area contributed by atoms with E-state index < -0.39 is 0 Å². The summed E-state index contributed by atoms with van der Waals surface area (Å²) in [4.78, 5) is 2.86. The molecule has 2 aromatic rings. The van der Waals surface area contributed by atoms with Crippen LogP contribution in [0.2, 0.25) is 0 Å². The molecule has 0 amide bonds. The Morgan fingerprint density at radius 2 is 2.21 bits per heavy atom. The fraction of sp³-hybridized carbons (Fsp3) is 0.500. The van der Waals surface area contributed by atoms with Crippen molar-refractivity contribution in [2.45, 2.75) is 38.1 Å². The maximum Gasteiger partial charge on any atom is 0.0833 e. The van der Waals surface area contributed by atoms with Gasteiger partial charge in [0.25, 0.3) is 0 Å². The Labute approximate surface area is 117 Å². The lowest BCUT2D eigenvalue weighted by molar-refractivity contribution is 0.644. The summed E-state index contributed by atoms with van der Waals surface area (Å²) < 4.78 is 1.82. The molecular formula is C14H20N4S. The lowest BCUT2D eigenvalue weighted by Gasteiger charge is -2.11. The molecule has 2 aromatic heterocycles. The van der Waals surface area contributed by atoms with Crippen LogP contribution in [-0.4, -0.2) is 9.78 Å². The summed E-state index contributed by atoms with van der Waals surface area (Å²) in [5.41, 5.74) is 5.59. The number of rotatable bonds is 3. The van der Waals surface area contributed by atoms with Crippen LogP contribution in [0, 0.1) is 0 Å². The van der Waals surface area contributed by atoms with Gasteiger partial charge in [-0.3, -0.25) is 10.5 Å². The van der Waals surface area contributed by atoms with Crippen molar-refractivity contribution < 1.29 is 0 Å². The highest BCUT2D eigenvalue weighted by molar-refractivity contribution is 7.12. The first-order chi connectivity index (χ1) is 9.28. The van der Waals surface area contributed by atoms with Crippen molar-refractivity contribution in [3.63, 3.8) is 0 Å². The van der Waals surface area contributed by atoms with Gasteiger partial charge in [-0.25, -0.2) is 5.43 Å². The molecular weight excluding hydrogens is 256 g/mol. The number of nitrogens with one attached hydrogen (secondary N) is 1. The molecule has 102 valence electrons. The van der Waals surface area contributed by atoms with Gasteiger partial charge < -0.3 is 0 Å². The molecule has 0 aliphatic heterocycles. The van der Waals surface area contributed by atoms with Crippen LogP contribution in [0.25, 0.3) is 0 Å². The van der Waals surface area contributed by atoms with Gasteiger partial charge in [0.05, 0.1) is 12.2 Å². The Kier molecular flexibility index (Phi) is 3.68. The average Bonchev–Trinajstić information content (AvgIpc) is 2.93. The molecule has 0 aromatic carbocycles. The number of hydrogen-bond donors (Lipinski definition) is 2. The third-order valence-corrected chi connectivity index (χ3v) is 5.08. The van der Waals surface area contributed by atoms with Crippen LogP contribution in [0.3, 0.4) is 0 Å². The molecule has 1 aliphatic rings. The zero-order valence-corrected chi connectivity index (χ0v) is 12.0. The van der Waals surface area contributed by atoms with E-state index in [1.165, 1.54) is 42.5 Å². The van der Waals surface area contributed by atoms with Crippen molar-refractivity contribution in [2.75, 3.05) is 0 Å². The Hall–Kier alpha value is -1.17. The van der Waals surface area contributed by atoms with Crippen LogP contribution in [0.5, 0.6) is 0 Å². The second-order valence-electron chi connectivity index (χ2n) is 5.20. The third-order valence-electron chi connectivity index (χ3n) is 3.78. The Morgan fingerprint density at radius 1 is 1.37 bits per heavy atom. The first-order valence-corrected chi connectivity index (χ1v) is 7.65. The SMILES string of the molecule is Cn1cc(C(NN)c2cc3c(s2)CCCCC3)cn1. The summed E-state index contributed by atoms with van der Waals surface area (Å²) in [5.74, 6) is 5.75. The number of aryl methyl sites for hydroxylation is 3. The van der Waals surface area contributed by atoms with Crippen LogP contribution < -0.4 is 11.3 Å². The van der Waals surface area contributed by atoms with Crippen LogP contribution in [0.1, 0.15) is 46.2 Å². The van der Waals surface area contributed by atoms with Gasteiger partial charge in [-0.15, -0.1) is 11.3 Å². The lowest BCUT2D eigenvalue weighted by Crippen LogP contribution is -2.27. The number of hydrazine groups is 1. The molecule has 0 spiro atoms. The van der Waals surface area contributed by atoms with Gasteiger partial charge in [0.15, 0.2) is 0 Å². The molecule has 4 nitrogen and oxygen atoms in total. The van der Waals surface area contributed by atoms with E-state index in [0.717, 1.165) is 5.56 Å². The summed E-state index contributed by atoms with van der Waals surface area (Å²) in [5, 5.41) is 4.23. The van der Waals surface area contributed by atoms with Crippen LogP contribution in [0.4, 0.5) is 0 Å². The molecule has 5 heteroatoms. The normalized spacial score (nSPS) is 16.9. The van der Waals surface area contributed by atoms with E-state index in [1.807, 2.05) is 35.5 Å². The number of thiophene rings is 1. The minimum absolute atomic E-state index is 0.0608. The van der Waals surface area contributed by atoms with Gasteiger partial charge >= 0.3 is 0 Å². The summed E-state index contributed by atoms with van der Waals surface area (Å²) in [6.45, 7) is 0. The van der Waals surface area contributed by atoms with Gasteiger partial charge in [0.2, 0.25) is 0 Å². The first kappa shape index (κ1) is 12.8. The fourth-order valence-electron chi connectivity index (χ4n) is 2.76. The monoisotopic (exact) mass is 276 g/mol. The number of nitrogens with two attached hydrogens (primary N) is 1. The average molecular weight is 276 g/mol. The van der Waals surface area contributed by atoms with Gasteiger partial charge in [-0.05, 0) is 37.3 Å². The van der Waals surface area contributed by atoms with E-state index in [-0.39, 0.29) is 6.04 Å². The number of fused-ring (bicyclic) bond motifs is 1. The Bertz CT molecular complexity index is 534. The molecule has 3 rings (SSSR count). The molecule has 3 N–H and O–H groups in total. The molecule has 1 unspecified atom stereocenters. The highest BCUT2D eigenvalue weighted by Crippen LogP contribution is 2.34. The van der Waals surface area contributed by atoms with E-state index in [2.05, 4.69) is 16.6 Å². The van der Waals surface area contributed by atoms with Crippen LogP contribution >= 0.6 is 11.3 Å². The van der Waals surface area contributed by atoms with Crippen molar-refractivity contribution in [1.29, 1.82) is 0 Å². The quantitative estimate of drug-likeness (QED) is 0.514. The second kappa shape index (κ2) is 5.45. The molecule has 0 radical (unpaired) electrons. The largest absolute Gasteiger partial charge is 0.275 e. The summed E-state index contributed by atoms with van der Waals surface area (Å²) >= 11 is 1.91.